The van der Waals surface area contributed by atoms with E-state index in [1.165, 1.54) is 0 Å². The molecule has 16 heavy (non-hydrogen) atoms. The Hall–Kier alpha value is -0.330. The number of hydrogen-bond acceptors (Lipinski definition) is 3. The predicted octanol–water partition coefficient (Wildman–Crippen LogP) is 1.72. The molecular weight excluding hydrogens is 223 g/mol. The molecule has 1 rings (SSSR count). The molecule has 0 bridgehead atoms. The van der Waals surface area contributed by atoms with Gasteiger partial charge in [-0.25, -0.2) is 0 Å². The van der Waals surface area contributed by atoms with Crippen LogP contribution < -0.4 is 5.32 Å². The van der Waals surface area contributed by atoms with Gasteiger partial charge in [-0.3, -0.25) is 0 Å². The highest BCUT2D eigenvalue weighted by Gasteiger charge is 2.28. The monoisotopic (exact) mass is 241 g/mol. The quantitative estimate of drug-likeness (QED) is 0.718. The van der Waals surface area contributed by atoms with Crippen molar-refractivity contribution in [1.29, 1.82) is 0 Å². The van der Waals surface area contributed by atoms with Gasteiger partial charge in [0, 0.05) is 19.7 Å². The molecule has 0 amide bonds. The van der Waals surface area contributed by atoms with Crippen LogP contribution in [0.3, 0.4) is 0 Å². The first-order valence-corrected chi connectivity index (χ1v) is 5.43. The molecule has 0 aliphatic heterocycles. The van der Waals surface area contributed by atoms with Crippen LogP contribution >= 0.6 is 0 Å². The molecule has 0 radical (unpaired) electrons. The molecule has 0 heterocycles. The summed E-state index contributed by atoms with van der Waals surface area (Å²) in [6, 6.07) is 0.250. The average Bonchev–Trinajstić information content (AvgIpc) is 2.63. The molecule has 96 valence electrons. The highest BCUT2D eigenvalue weighted by atomic mass is 19.4. The minimum atomic E-state index is -4.23. The van der Waals surface area contributed by atoms with Gasteiger partial charge in [0.15, 0.2) is 0 Å². The maximum atomic E-state index is 11.7. The summed E-state index contributed by atoms with van der Waals surface area (Å²) in [6.07, 6.45) is -0.931. The van der Waals surface area contributed by atoms with Crippen molar-refractivity contribution in [3.05, 3.63) is 0 Å². The fourth-order valence-corrected chi connectivity index (χ4v) is 1.95. The zero-order chi connectivity index (χ0) is 12.0. The van der Waals surface area contributed by atoms with E-state index >= 15 is 0 Å². The predicted molar refractivity (Wildman–Crippen MR) is 53.3 cm³/mol. The molecule has 6 heteroatoms. The minimum Gasteiger partial charge on any atom is -0.380 e. The van der Waals surface area contributed by atoms with Gasteiger partial charge < -0.3 is 14.8 Å². The molecule has 2 atom stereocenters. The summed E-state index contributed by atoms with van der Waals surface area (Å²) < 4.78 is 45.0. The third kappa shape index (κ3) is 5.14. The van der Waals surface area contributed by atoms with Crippen LogP contribution in [0.2, 0.25) is 0 Å². The average molecular weight is 241 g/mol. The topological polar surface area (TPSA) is 30.5 Å². The summed E-state index contributed by atoms with van der Waals surface area (Å²) in [5, 5.41) is 3.15. The van der Waals surface area contributed by atoms with Crippen LogP contribution in [-0.4, -0.2) is 45.2 Å². The van der Waals surface area contributed by atoms with Crippen molar-refractivity contribution in [3.8, 4) is 0 Å². The first-order valence-electron chi connectivity index (χ1n) is 5.43. The Morgan fingerprint density at radius 1 is 1.31 bits per heavy atom. The Morgan fingerprint density at radius 2 is 2.06 bits per heavy atom. The van der Waals surface area contributed by atoms with Crippen molar-refractivity contribution < 1.29 is 22.6 Å². The lowest BCUT2D eigenvalue weighted by atomic mass is 10.2. The maximum absolute atomic E-state index is 11.7. The number of hydrogen-bond donors (Lipinski definition) is 1. The van der Waals surface area contributed by atoms with E-state index in [0.29, 0.717) is 6.54 Å². The van der Waals surface area contributed by atoms with Crippen LogP contribution in [0.1, 0.15) is 19.3 Å². The lowest BCUT2D eigenvalue weighted by Gasteiger charge is -2.19. The first-order chi connectivity index (χ1) is 7.53. The second-order valence-corrected chi connectivity index (χ2v) is 3.93. The Balaban J connectivity index is 2.03. The molecule has 3 nitrogen and oxygen atoms in total. The molecule has 0 aromatic carbocycles. The lowest BCUT2D eigenvalue weighted by Crippen LogP contribution is -2.38. The molecule has 0 spiro atoms. The van der Waals surface area contributed by atoms with Crippen molar-refractivity contribution in [2.75, 3.05) is 26.9 Å². The zero-order valence-corrected chi connectivity index (χ0v) is 9.35. The molecule has 0 saturated heterocycles. The standard InChI is InChI=1S/C10H18F3NO2/c1-15-9-4-2-3-8(9)14-5-6-16-7-10(11,12)13/h8-9,14H,2-7H2,1H3. The number of ether oxygens (including phenoxy) is 2. The fraction of sp³-hybridized carbons (Fsp3) is 1.00. The Morgan fingerprint density at radius 3 is 2.69 bits per heavy atom. The third-order valence-electron chi connectivity index (χ3n) is 2.67. The van der Waals surface area contributed by atoms with E-state index in [9.17, 15) is 13.2 Å². The molecule has 1 aliphatic carbocycles. The smallest absolute Gasteiger partial charge is 0.380 e. The summed E-state index contributed by atoms with van der Waals surface area (Å²) in [6.45, 7) is -0.667. The summed E-state index contributed by atoms with van der Waals surface area (Å²) in [7, 11) is 1.66. The van der Waals surface area contributed by atoms with Gasteiger partial charge in [0.25, 0.3) is 0 Å². The van der Waals surface area contributed by atoms with Crippen molar-refractivity contribution in [2.24, 2.45) is 0 Å². The number of rotatable bonds is 6. The second kappa shape index (κ2) is 6.42. The largest absolute Gasteiger partial charge is 0.411 e. The Kier molecular flexibility index (Phi) is 5.51. The fourth-order valence-electron chi connectivity index (χ4n) is 1.95. The van der Waals surface area contributed by atoms with Gasteiger partial charge in [0.2, 0.25) is 0 Å². The first kappa shape index (κ1) is 13.7. The van der Waals surface area contributed by atoms with Crippen molar-refractivity contribution in [1.82, 2.24) is 5.32 Å². The third-order valence-corrected chi connectivity index (χ3v) is 2.67. The molecule has 0 aromatic rings. The normalized spacial score (nSPS) is 26.2. The van der Waals surface area contributed by atoms with Gasteiger partial charge in [-0.05, 0) is 19.3 Å². The van der Waals surface area contributed by atoms with Gasteiger partial charge in [0.1, 0.15) is 6.61 Å². The molecule has 2 unspecified atom stereocenters. The summed E-state index contributed by atoms with van der Waals surface area (Å²) in [4.78, 5) is 0. The number of halogens is 3. The SMILES string of the molecule is COC1CCCC1NCCOCC(F)(F)F. The van der Waals surface area contributed by atoms with E-state index in [2.05, 4.69) is 10.1 Å². The number of methoxy groups -OCH3 is 1. The van der Waals surface area contributed by atoms with Gasteiger partial charge in [-0.15, -0.1) is 0 Å². The highest BCUT2D eigenvalue weighted by molar-refractivity contribution is 4.83. The summed E-state index contributed by atoms with van der Waals surface area (Å²) >= 11 is 0. The van der Waals surface area contributed by atoms with Gasteiger partial charge in [-0.2, -0.15) is 13.2 Å². The molecule has 0 aromatic heterocycles. The van der Waals surface area contributed by atoms with Crippen LogP contribution in [0.4, 0.5) is 13.2 Å². The Labute approximate surface area is 93.3 Å². The number of nitrogens with one attached hydrogen (secondary N) is 1. The summed E-state index contributed by atoms with van der Waals surface area (Å²) in [5.74, 6) is 0. The van der Waals surface area contributed by atoms with E-state index in [1.807, 2.05) is 0 Å². The van der Waals surface area contributed by atoms with Crippen LogP contribution in [0.5, 0.6) is 0 Å². The number of alkyl halides is 3. The molecule has 1 fully saturated rings. The molecular formula is C10H18F3NO2. The van der Waals surface area contributed by atoms with E-state index in [4.69, 9.17) is 4.74 Å². The van der Waals surface area contributed by atoms with Crippen molar-refractivity contribution >= 4 is 0 Å². The van der Waals surface area contributed by atoms with Gasteiger partial charge >= 0.3 is 6.18 Å². The van der Waals surface area contributed by atoms with Gasteiger partial charge in [-0.1, -0.05) is 0 Å². The van der Waals surface area contributed by atoms with Crippen LogP contribution in [0.25, 0.3) is 0 Å². The minimum absolute atomic E-state index is 0.0758. The molecule has 1 saturated carbocycles. The van der Waals surface area contributed by atoms with Crippen LogP contribution in [0.15, 0.2) is 0 Å². The van der Waals surface area contributed by atoms with E-state index in [1.54, 1.807) is 7.11 Å². The van der Waals surface area contributed by atoms with E-state index < -0.39 is 12.8 Å². The van der Waals surface area contributed by atoms with Crippen LogP contribution in [0, 0.1) is 0 Å². The van der Waals surface area contributed by atoms with Gasteiger partial charge in [0.05, 0.1) is 12.7 Å². The highest BCUT2D eigenvalue weighted by Crippen LogP contribution is 2.21. The lowest BCUT2D eigenvalue weighted by molar-refractivity contribution is -0.173. The van der Waals surface area contributed by atoms with E-state index in [0.717, 1.165) is 19.3 Å². The molecule has 1 N–H and O–H groups in total. The zero-order valence-electron chi connectivity index (χ0n) is 9.35. The molecule has 1 aliphatic rings. The summed E-state index contributed by atoms with van der Waals surface area (Å²) in [5.41, 5.74) is 0. The second-order valence-electron chi connectivity index (χ2n) is 3.93. The van der Waals surface area contributed by atoms with E-state index in [-0.39, 0.29) is 18.8 Å². The van der Waals surface area contributed by atoms with Crippen molar-refractivity contribution in [2.45, 2.75) is 37.6 Å². The Bertz CT molecular complexity index is 199. The maximum Gasteiger partial charge on any atom is 0.411 e. The van der Waals surface area contributed by atoms with Crippen LogP contribution in [-0.2, 0) is 9.47 Å². The van der Waals surface area contributed by atoms with Crippen molar-refractivity contribution in [3.63, 3.8) is 0 Å².